The van der Waals surface area contributed by atoms with E-state index in [0.29, 0.717) is 18.8 Å². The van der Waals surface area contributed by atoms with Crippen LogP contribution in [-0.4, -0.2) is 19.8 Å². The van der Waals surface area contributed by atoms with Crippen molar-refractivity contribution >= 4 is 0 Å². The van der Waals surface area contributed by atoms with Crippen LogP contribution >= 0.6 is 0 Å². The highest BCUT2D eigenvalue weighted by atomic mass is 19.4. The first-order valence-corrected chi connectivity index (χ1v) is 7.39. The number of rotatable bonds is 8. The fraction of sp³-hybridized carbons (Fsp3) is 0.625. The van der Waals surface area contributed by atoms with Crippen molar-refractivity contribution in [1.29, 1.82) is 0 Å². The van der Waals surface area contributed by atoms with E-state index in [1.165, 1.54) is 6.07 Å². The highest BCUT2D eigenvalue weighted by molar-refractivity contribution is 5.34. The van der Waals surface area contributed by atoms with E-state index >= 15 is 0 Å². The maximum atomic E-state index is 12.7. The molecule has 1 aromatic rings. The van der Waals surface area contributed by atoms with E-state index < -0.39 is 11.7 Å². The third-order valence-electron chi connectivity index (χ3n) is 3.41. The Balaban J connectivity index is 2.82. The molecule has 0 spiro atoms. The van der Waals surface area contributed by atoms with Crippen LogP contribution in [0.3, 0.4) is 0 Å². The van der Waals surface area contributed by atoms with E-state index in [9.17, 15) is 13.2 Å². The van der Waals surface area contributed by atoms with Crippen molar-refractivity contribution in [1.82, 2.24) is 5.32 Å². The van der Waals surface area contributed by atoms with Crippen LogP contribution in [-0.2, 0) is 10.9 Å². The number of hydrogen-bond acceptors (Lipinski definition) is 2. The Hall–Kier alpha value is -1.07. The maximum absolute atomic E-state index is 12.7. The van der Waals surface area contributed by atoms with Crippen molar-refractivity contribution in [2.75, 3.05) is 19.8 Å². The average Bonchev–Trinajstić information content (AvgIpc) is 2.41. The molecule has 5 heteroatoms. The number of benzene rings is 1. The van der Waals surface area contributed by atoms with Gasteiger partial charge in [0.05, 0.1) is 5.56 Å². The van der Waals surface area contributed by atoms with Crippen LogP contribution in [0.5, 0.6) is 0 Å². The Morgan fingerprint density at radius 1 is 1.24 bits per heavy atom. The minimum atomic E-state index is -4.29. The van der Waals surface area contributed by atoms with E-state index in [0.717, 1.165) is 31.0 Å². The van der Waals surface area contributed by atoms with Crippen molar-refractivity contribution in [2.24, 2.45) is 0 Å². The van der Waals surface area contributed by atoms with Gasteiger partial charge in [-0.05, 0) is 56.5 Å². The van der Waals surface area contributed by atoms with Crippen molar-refractivity contribution in [3.63, 3.8) is 0 Å². The quantitative estimate of drug-likeness (QED) is 0.715. The van der Waals surface area contributed by atoms with Gasteiger partial charge >= 0.3 is 6.18 Å². The summed E-state index contributed by atoms with van der Waals surface area (Å²) in [6.07, 6.45) is -2.56. The highest BCUT2D eigenvalue weighted by Gasteiger charge is 2.31. The molecule has 1 rings (SSSR count). The topological polar surface area (TPSA) is 21.3 Å². The zero-order valence-corrected chi connectivity index (χ0v) is 12.9. The van der Waals surface area contributed by atoms with Gasteiger partial charge in [-0.3, -0.25) is 0 Å². The molecule has 0 fully saturated rings. The van der Waals surface area contributed by atoms with Crippen LogP contribution < -0.4 is 5.32 Å². The number of nitrogens with one attached hydrogen (secondary N) is 1. The molecule has 0 aliphatic carbocycles. The Kier molecular flexibility index (Phi) is 7.18. The van der Waals surface area contributed by atoms with Crippen molar-refractivity contribution in [3.05, 3.63) is 34.9 Å². The Labute approximate surface area is 124 Å². The number of halogens is 3. The number of ether oxygens (including phenoxy) is 1. The molecule has 0 aliphatic rings. The molecule has 21 heavy (non-hydrogen) atoms. The molecule has 0 radical (unpaired) electrons. The van der Waals surface area contributed by atoms with Gasteiger partial charge in [-0.2, -0.15) is 13.2 Å². The average molecular weight is 303 g/mol. The van der Waals surface area contributed by atoms with Gasteiger partial charge in [0.2, 0.25) is 0 Å². The molecule has 0 saturated heterocycles. The second-order valence-electron chi connectivity index (χ2n) is 5.02. The van der Waals surface area contributed by atoms with Gasteiger partial charge in [0, 0.05) is 19.3 Å². The first-order chi connectivity index (χ1) is 9.90. The Morgan fingerprint density at radius 2 is 1.95 bits per heavy atom. The summed E-state index contributed by atoms with van der Waals surface area (Å²) in [5.41, 5.74) is 1.02. The molecule has 0 aromatic heterocycles. The summed E-state index contributed by atoms with van der Waals surface area (Å²) in [7, 11) is 0. The van der Waals surface area contributed by atoms with Crippen LogP contribution in [0.1, 0.15) is 49.4 Å². The van der Waals surface area contributed by atoms with Crippen LogP contribution in [0.4, 0.5) is 13.2 Å². The first kappa shape index (κ1) is 18.0. The van der Waals surface area contributed by atoms with Crippen LogP contribution in [0, 0.1) is 6.92 Å². The molecule has 1 N–H and O–H groups in total. The summed E-state index contributed by atoms with van der Waals surface area (Å²) >= 11 is 0. The number of alkyl halides is 3. The van der Waals surface area contributed by atoms with E-state index in [-0.39, 0.29) is 6.04 Å². The molecule has 0 bridgehead atoms. The number of aryl methyl sites for hydroxylation is 1. The van der Waals surface area contributed by atoms with Gasteiger partial charge < -0.3 is 10.1 Å². The minimum Gasteiger partial charge on any atom is -0.382 e. The zero-order valence-electron chi connectivity index (χ0n) is 12.9. The molecular formula is C16H24F3NO. The molecule has 0 heterocycles. The predicted molar refractivity (Wildman–Crippen MR) is 78.3 cm³/mol. The molecule has 1 aromatic carbocycles. The molecule has 0 aliphatic heterocycles. The fourth-order valence-corrected chi connectivity index (χ4v) is 2.39. The Morgan fingerprint density at radius 3 is 2.48 bits per heavy atom. The van der Waals surface area contributed by atoms with E-state index in [1.54, 1.807) is 13.0 Å². The smallest absolute Gasteiger partial charge is 0.382 e. The highest BCUT2D eigenvalue weighted by Crippen LogP contribution is 2.32. The molecule has 1 unspecified atom stereocenters. The van der Waals surface area contributed by atoms with Gasteiger partial charge in [-0.1, -0.05) is 13.0 Å². The molecule has 120 valence electrons. The lowest BCUT2D eigenvalue weighted by Gasteiger charge is -2.21. The molecular weight excluding hydrogens is 279 g/mol. The third-order valence-corrected chi connectivity index (χ3v) is 3.41. The summed E-state index contributed by atoms with van der Waals surface area (Å²) < 4.78 is 43.4. The fourth-order valence-electron chi connectivity index (χ4n) is 2.39. The molecule has 0 saturated carbocycles. The molecule has 0 amide bonds. The van der Waals surface area contributed by atoms with Gasteiger partial charge in [0.1, 0.15) is 0 Å². The normalized spacial score (nSPS) is 13.4. The second kappa shape index (κ2) is 8.39. The van der Waals surface area contributed by atoms with Crippen molar-refractivity contribution in [3.8, 4) is 0 Å². The maximum Gasteiger partial charge on any atom is 0.416 e. The van der Waals surface area contributed by atoms with E-state index in [2.05, 4.69) is 5.32 Å². The lowest BCUT2D eigenvalue weighted by atomic mass is 9.95. The minimum absolute atomic E-state index is 0.0674. The first-order valence-electron chi connectivity index (χ1n) is 7.39. The monoisotopic (exact) mass is 303 g/mol. The summed E-state index contributed by atoms with van der Waals surface area (Å²) in [6.45, 7) is 7.82. The number of hydrogen-bond donors (Lipinski definition) is 1. The van der Waals surface area contributed by atoms with Gasteiger partial charge in [0.15, 0.2) is 0 Å². The van der Waals surface area contributed by atoms with Gasteiger partial charge in [-0.15, -0.1) is 0 Å². The van der Waals surface area contributed by atoms with Crippen LogP contribution in [0.2, 0.25) is 0 Å². The second-order valence-corrected chi connectivity index (χ2v) is 5.02. The van der Waals surface area contributed by atoms with Crippen molar-refractivity contribution < 1.29 is 17.9 Å². The van der Waals surface area contributed by atoms with E-state index in [1.807, 2.05) is 13.8 Å². The summed E-state index contributed by atoms with van der Waals surface area (Å²) in [6, 6.07) is 4.04. The van der Waals surface area contributed by atoms with Gasteiger partial charge in [-0.25, -0.2) is 0 Å². The summed E-state index contributed by atoms with van der Waals surface area (Å²) in [5.74, 6) is 0. The molecule has 2 nitrogen and oxygen atoms in total. The Bertz CT molecular complexity index is 432. The van der Waals surface area contributed by atoms with Crippen LogP contribution in [0.15, 0.2) is 18.2 Å². The standard InChI is InChI=1S/C16H24F3NO/c1-4-20-15(7-6-10-21-5-2)14-9-8-13(11-12(14)3)16(17,18)19/h8-9,11,15,20H,4-7,10H2,1-3H3. The van der Waals surface area contributed by atoms with Crippen LogP contribution in [0.25, 0.3) is 0 Å². The SMILES string of the molecule is CCNC(CCCOCC)c1ccc(C(F)(F)F)cc1C. The summed E-state index contributed by atoms with van der Waals surface area (Å²) in [4.78, 5) is 0. The molecule has 1 atom stereocenters. The third kappa shape index (κ3) is 5.67. The largest absolute Gasteiger partial charge is 0.416 e. The van der Waals surface area contributed by atoms with Crippen molar-refractivity contribution in [2.45, 2.75) is 45.8 Å². The van der Waals surface area contributed by atoms with Gasteiger partial charge in [0.25, 0.3) is 0 Å². The lowest BCUT2D eigenvalue weighted by molar-refractivity contribution is -0.137. The lowest BCUT2D eigenvalue weighted by Crippen LogP contribution is -2.22. The zero-order chi connectivity index (χ0) is 15.9. The summed E-state index contributed by atoms with van der Waals surface area (Å²) in [5, 5.41) is 3.34. The van der Waals surface area contributed by atoms with E-state index in [4.69, 9.17) is 4.74 Å². The predicted octanol–water partition coefficient (Wildman–Crippen LogP) is 4.48.